The van der Waals surface area contributed by atoms with Gasteiger partial charge in [-0.25, -0.2) is 0 Å². The van der Waals surface area contributed by atoms with Gasteiger partial charge in [-0.15, -0.1) is 0 Å². The van der Waals surface area contributed by atoms with Gasteiger partial charge in [-0.2, -0.15) is 0 Å². The maximum absolute atomic E-state index is 11.8. The van der Waals surface area contributed by atoms with Crippen molar-refractivity contribution in [3.05, 3.63) is 74.3 Å². The fourth-order valence-corrected chi connectivity index (χ4v) is 3.96. The number of nitrogens with one attached hydrogen (secondary N) is 1. The molecule has 1 N–H and O–H groups in total. The van der Waals surface area contributed by atoms with Gasteiger partial charge in [0.2, 0.25) is 0 Å². The Bertz CT molecular complexity index is 869. The summed E-state index contributed by atoms with van der Waals surface area (Å²) in [7, 11) is 0. The molecule has 0 radical (unpaired) electrons. The highest BCUT2D eigenvalue weighted by atomic mass is 32.1. The molecule has 0 spiro atoms. The Kier molecular flexibility index (Phi) is 3.81. The predicted molar refractivity (Wildman–Crippen MR) is 92.4 cm³/mol. The van der Waals surface area contributed by atoms with Crippen molar-refractivity contribution in [1.29, 1.82) is 0 Å². The van der Waals surface area contributed by atoms with Crippen LogP contribution in [0.1, 0.15) is 16.0 Å². The molecule has 1 aromatic carbocycles. The zero-order valence-electron chi connectivity index (χ0n) is 12.7. The van der Waals surface area contributed by atoms with Crippen LogP contribution in [0.4, 0.5) is 0 Å². The third-order valence-electron chi connectivity index (χ3n) is 4.22. The standard InChI is InChI=1S/C18H17N3OS/c22-18-20-17(15-7-3-4-9-19-15)16(23-18)12-21-10-8-13-5-1-2-6-14(13)11-21/h1-7,9H,8,10-12H2,(H,20,22). The number of pyridine rings is 1. The monoisotopic (exact) mass is 323 g/mol. The summed E-state index contributed by atoms with van der Waals surface area (Å²) in [6.07, 6.45) is 2.82. The number of aromatic nitrogens is 2. The second kappa shape index (κ2) is 6.10. The smallest absolute Gasteiger partial charge is 0.305 e. The van der Waals surface area contributed by atoms with E-state index in [-0.39, 0.29) is 4.87 Å². The lowest BCUT2D eigenvalue weighted by Gasteiger charge is -2.28. The zero-order valence-corrected chi connectivity index (χ0v) is 13.5. The largest absolute Gasteiger partial charge is 0.311 e. The van der Waals surface area contributed by atoms with E-state index in [4.69, 9.17) is 0 Å². The summed E-state index contributed by atoms with van der Waals surface area (Å²) < 4.78 is 0. The molecule has 0 saturated heterocycles. The van der Waals surface area contributed by atoms with Crippen LogP contribution < -0.4 is 4.87 Å². The minimum absolute atomic E-state index is 0.0157. The molecule has 0 fully saturated rings. The number of H-pyrrole nitrogens is 1. The first-order chi connectivity index (χ1) is 11.3. The Hall–Kier alpha value is -2.24. The van der Waals surface area contributed by atoms with E-state index in [2.05, 4.69) is 39.1 Å². The summed E-state index contributed by atoms with van der Waals surface area (Å²) in [5.74, 6) is 0. The van der Waals surface area contributed by atoms with Crippen molar-refractivity contribution in [2.45, 2.75) is 19.5 Å². The summed E-state index contributed by atoms with van der Waals surface area (Å²) in [4.78, 5) is 22.6. The van der Waals surface area contributed by atoms with Gasteiger partial charge in [-0.1, -0.05) is 41.7 Å². The van der Waals surface area contributed by atoms with E-state index in [1.807, 2.05) is 18.2 Å². The molecule has 0 unspecified atom stereocenters. The van der Waals surface area contributed by atoms with E-state index >= 15 is 0 Å². The van der Waals surface area contributed by atoms with Gasteiger partial charge in [0.25, 0.3) is 0 Å². The summed E-state index contributed by atoms with van der Waals surface area (Å²) >= 11 is 1.29. The Balaban J connectivity index is 1.60. The molecule has 4 nitrogen and oxygen atoms in total. The van der Waals surface area contributed by atoms with Crippen LogP contribution in [-0.4, -0.2) is 21.4 Å². The van der Waals surface area contributed by atoms with Gasteiger partial charge >= 0.3 is 4.87 Å². The molecule has 0 atom stereocenters. The minimum Gasteiger partial charge on any atom is -0.311 e. The fraction of sp³-hybridized carbons (Fsp3) is 0.222. The highest BCUT2D eigenvalue weighted by Crippen LogP contribution is 2.25. The third kappa shape index (κ3) is 2.98. The lowest BCUT2D eigenvalue weighted by molar-refractivity contribution is 0.248. The van der Waals surface area contributed by atoms with E-state index < -0.39 is 0 Å². The first-order valence-corrected chi connectivity index (χ1v) is 8.54. The second-order valence-corrected chi connectivity index (χ2v) is 6.82. The highest BCUT2D eigenvalue weighted by molar-refractivity contribution is 7.09. The molecular weight excluding hydrogens is 306 g/mol. The predicted octanol–water partition coefficient (Wildman–Crippen LogP) is 3.06. The van der Waals surface area contributed by atoms with Gasteiger partial charge < -0.3 is 4.98 Å². The van der Waals surface area contributed by atoms with Crippen LogP contribution in [0.2, 0.25) is 0 Å². The topological polar surface area (TPSA) is 49.0 Å². The van der Waals surface area contributed by atoms with Gasteiger partial charge in [0.15, 0.2) is 0 Å². The molecule has 0 amide bonds. The van der Waals surface area contributed by atoms with E-state index in [9.17, 15) is 4.79 Å². The molecule has 23 heavy (non-hydrogen) atoms. The van der Waals surface area contributed by atoms with Crippen LogP contribution in [0.15, 0.2) is 53.5 Å². The highest BCUT2D eigenvalue weighted by Gasteiger charge is 2.19. The van der Waals surface area contributed by atoms with Gasteiger partial charge in [0.1, 0.15) is 0 Å². The van der Waals surface area contributed by atoms with Crippen LogP contribution in [0.3, 0.4) is 0 Å². The van der Waals surface area contributed by atoms with Crippen molar-refractivity contribution < 1.29 is 0 Å². The van der Waals surface area contributed by atoms with Gasteiger partial charge in [-0.3, -0.25) is 14.7 Å². The first kappa shape index (κ1) is 14.4. The Morgan fingerprint density at radius 2 is 1.96 bits per heavy atom. The average molecular weight is 323 g/mol. The molecule has 0 bridgehead atoms. The molecule has 5 heteroatoms. The summed E-state index contributed by atoms with van der Waals surface area (Å²) in [6, 6.07) is 14.4. The molecule has 0 saturated carbocycles. The summed E-state index contributed by atoms with van der Waals surface area (Å²) in [5, 5.41) is 0. The maximum atomic E-state index is 11.8. The number of nitrogens with zero attached hydrogens (tertiary/aromatic N) is 2. The van der Waals surface area contributed by atoms with E-state index in [0.29, 0.717) is 0 Å². The Morgan fingerprint density at radius 3 is 2.78 bits per heavy atom. The van der Waals surface area contributed by atoms with Crippen molar-refractivity contribution in [2.75, 3.05) is 6.54 Å². The van der Waals surface area contributed by atoms with Crippen molar-refractivity contribution in [2.24, 2.45) is 0 Å². The molecule has 2 aromatic heterocycles. The average Bonchev–Trinajstić information content (AvgIpc) is 2.96. The van der Waals surface area contributed by atoms with Crippen molar-refractivity contribution >= 4 is 11.3 Å². The van der Waals surface area contributed by atoms with E-state index in [1.165, 1.54) is 22.5 Å². The van der Waals surface area contributed by atoms with Crippen LogP contribution in [0.25, 0.3) is 11.4 Å². The van der Waals surface area contributed by atoms with Crippen molar-refractivity contribution in [1.82, 2.24) is 14.9 Å². The molecular formula is C18H17N3OS. The zero-order chi connectivity index (χ0) is 15.6. The lowest BCUT2D eigenvalue weighted by atomic mass is 10.00. The first-order valence-electron chi connectivity index (χ1n) is 7.72. The molecule has 4 rings (SSSR count). The summed E-state index contributed by atoms with van der Waals surface area (Å²) in [5.41, 5.74) is 4.52. The van der Waals surface area contributed by atoms with Gasteiger partial charge in [-0.05, 0) is 29.7 Å². The van der Waals surface area contributed by atoms with Gasteiger partial charge in [0, 0.05) is 30.7 Å². The number of hydrogen-bond donors (Lipinski definition) is 1. The van der Waals surface area contributed by atoms with Gasteiger partial charge in [0.05, 0.1) is 11.4 Å². The fourth-order valence-electron chi connectivity index (χ4n) is 3.08. The molecule has 1 aliphatic heterocycles. The maximum Gasteiger partial charge on any atom is 0.305 e. The van der Waals surface area contributed by atoms with E-state index in [1.54, 1.807) is 6.20 Å². The number of aromatic amines is 1. The molecule has 116 valence electrons. The summed E-state index contributed by atoms with van der Waals surface area (Å²) in [6.45, 7) is 2.73. The number of rotatable bonds is 3. The van der Waals surface area contributed by atoms with E-state index in [0.717, 1.165) is 42.3 Å². The van der Waals surface area contributed by atoms with Crippen LogP contribution >= 0.6 is 11.3 Å². The second-order valence-electron chi connectivity index (χ2n) is 5.76. The number of benzene rings is 1. The number of fused-ring (bicyclic) bond motifs is 1. The van der Waals surface area contributed by atoms with Crippen molar-refractivity contribution in [3.8, 4) is 11.4 Å². The number of hydrogen-bond acceptors (Lipinski definition) is 4. The molecule has 3 heterocycles. The van der Waals surface area contributed by atoms with Crippen molar-refractivity contribution in [3.63, 3.8) is 0 Å². The number of thiazole rings is 1. The molecule has 1 aliphatic rings. The Labute approximate surface area is 138 Å². The molecule has 3 aromatic rings. The van der Waals surface area contributed by atoms with Crippen LogP contribution in [-0.2, 0) is 19.5 Å². The van der Waals surface area contributed by atoms with Crippen LogP contribution in [0.5, 0.6) is 0 Å². The SMILES string of the molecule is O=c1[nH]c(-c2ccccn2)c(CN2CCc3ccccc3C2)s1. The van der Waals surface area contributed by atoms with Crippen LogP contribution in [0, 0.1) is 0 Å². The molecule has 0 aliphatic carbocycles. The quantitative estimate of drug-likeness (QED) is 0.806. The lowest BCUT2D eigenvalue weighted by Crippen LogP contribution is -2.29. The minimum atomic E-state index is -0.0157. The normalized spacial score (nSPS) is 14.6. The third-order valence-corrected chi connectivity index (χ3v) is 5.09. The Morgan fingerprint density at radius 1 is 1.13 bits per heavy atom.